The average molecular weight is 208 g/mol. The second kappa shape index (κ2) is 4.21. The summed E-state index contributed by atoms with van der Waals surface area (Å²) < 4.78 is 0. The predicted molar refractivity (Wildman–Crippen MR) is 61.7 cm³/mol. The Morgan fingerprint density at radius 1 is 1.53 bits per heavy atom. The summed E-state index contributed by atoms with van der Waals surface area (Å²) in [6.07, 6.45) is 5.34. The number of carboxylic acid groups (broad SMARTS) is 1. The Kier molecular flexibility index (Phi) is 3.38. The molecule has 1 N–H and O–H groups in total. The first-order chi connectivity index (χ1) is 6.82. The molecular weight excluding hydrogens is 188 g/mol. The van der Waals surface area contributed by atoms with Crippen molar-refractivity contribution in [2.75, 3.05) is 0 Å². The highest BCUT2D eigenvalue weighted by Gasteiger charge is 2.24. The van der Waals surface area contributed by atoms with E-state index in [2.05, 4.69) is 39.8 Å². The molecule has 0 aromatic heterocycles. The van der Waals surface area contributed by atoms with Gasteiger partial charge in [-0.15, -0.1) is 0 Å². The molecule has 84 valence electrons. The van der Waals surface area contributed by atoms with E-state index in [-0.39, 0.29) is 11.8 Å². The Hall–Kier alpha value is -1.05. The molecule has 1 aliphatic carbocycles. The molecule has 1 aliphatic rings. The van der Waals surface area contributed by atoms with Gasteiger partial charge in [0.1, 0.15) is 0 Å². The summed E-state index contributed by atoms with van der Waals surface area (Å²) in [4.78, 5) is 10.8. The van der Waals surface area contributed by atoms with Gasteiger partial charge in [0.15, 0.2) is 0 Å². The lowest BCUT2D eigenvalue weighted by Gasteiger charge is -2.29. The quantitative estimate of drug-likeness (QED) is 0.771. The molecule has 0 spiro atoms. The second-order valence-electron chi connectivity index (χ2n) is 5.28. The summed E-state index contributed by atoms with van der Waals surface area (Å²) in [6.45, 7) is 8.50. The standard InChI is InChI=1S/C13H20O2/c1-9(2)11-5-6-13(3,4)8-10(11)7-12(14)15/h5-6,9H,7-8H2,1-4H3,(H,14,15). The van der Waals surface area contributed by atoms with E-state index in [0.29, 0.717) is 5.92 Å². The van der Waals surface area contributed by atoms with Crippen LogP contribution < -0.4 is 0 Å². The van der Waals surface area contributed by atoms with Gasteiger partial charge in [-0.05, 0) is 23.3 Å². The number of rotatable bonds is 3. The molecule has 15 heavy (non-hydrogen) atoms. The third kappa shape index (κ3) is 3.22. The van der Waals surface area contributed by atoms with Crippen molar-refractivity contribution in [3.8, 4) is 0 Å². The molecule has 0 atom stereocenters. The molecule has 2 heteroatoms. The van der Waals surface area contributed by atoms with Crippen LogP contribution in [0.1, 0.15) is 40.5 Å². The topological polar surface area (TPSA) is 37.3 Å². The molecule has 0 bridgehead atoms. The highest BCUT2D eigenvalue weighted by atomic mass is 16.4. The summed E-state index contributed by atoms with van der Waals surface area (Å²) in [5.41, 5.74) is 2.39. The average Bonchev–Trinajstić information content (AvgIpc) is 1.99. The zero-order chi connectivity index (χ0) is 11.6. The molecule has 0 saturated heterocycles. The molecule has 1 rings (SSSR count). The van der Waals surface area contributed by atoms with E-state index in [1.54, 1.807) is 0 Å². The summed E-state index contributed by atoms with van der Waals surface area (Å²) in [7, 11) is 0. The van der Waals surface area contributed by atoms with Gasteiger partial charge in [0.05, 0.1) is 6.42 Å². The predicted octanol–water partition coefficient (Wildman–Crippen LogP) is 3.40. The third-order valence-electron chi connectivity index (χ3n) is 2.78. The van der Waals surface area contributed by atoms with Crippen molar-refractivity contribution in [3.05, 3.63) is 23.3 Å². The zero-order valence-corrected chi connectivity index (χ0v) is 10.0. The van der Waals surface area contributed by atoms with Gasteiger partial charge in [-0.2, -0.15) is 0 Å². The number of allylic oxidation sites excluding steroid dienone is 3. The number of aliphatic carboxylic acids is 1. The van der Waals surface area contributed by atoms with E-state index >= 15 is 0 Å². The van der Waals surface area contributed by atoms with Crippen LogP contribution in [-0.4, -0.2) is 11.1 Å². The fraction of sp³-hybridized carbons (Fsp3) is 0.615. The maximum atomic E-state index is 10.8. The van der Waals surface area contributed by atoms with Crippen molar-refractivity contribution in [1.82, 2.24) is 0 Å². The molecular formula is C13H20O2. The van der Waals surface area contributed by atoms with Crippen molar-refractivity contribution in [2.24, 2.45) is 11.3 Å². The SMILES string of the molecule is CC(C)C1=C(CC(=O)O)CC(C)(C)C=C1. The molecule has 0 unspecified atom stereocenters. The molecule has 0 aromatic rings. The van der Waals surface area contributed by atoms with Crippen LogP contribution in [0.3, 0.4) is 0 Å². The Balaban J connectivity index is 2.98. The van der Waals surface area contributed by atoms with Gasteiger partial charge < -0.3 is 5.11 Å². The van der Waals surface area contributed by atoms with E-state index in [0.717, 1.165) is 12.0 Å². The van der Waals surface area contributed by atoms with E-state index in [9.17, 15) is 4.79 Å². The molecule has 0 amide bonds. The highest BCUT2D eigenvalue weighted by molar-refractivity contribution is 5.70. The van der Waals surface area contributed by atoms with Crippen molar-refractivity contribution in [3.63, 3.8) is 0 Å². The van der Waals surface area contributed by atoms with E-state index in [1.165, 1.54) is 5.57 Å². The Morgan fingerprint density at radius 2 is 2.13 bits per heavy atom. The minimum Gasteiger partial charge on any atom is -0.481 e. The fourth-order valence-electron chi connectivity index (χ4n) is 2.09. The Labute approximate surface area is 91.7 Å². The van der Waals surface area contributed by atoms with E-state index in [1.807, 2.05) is 0 Å². The van der Waals surface area contributed by atoms with Gasteiger partial charge in [-0.1, -0.05) is 45.4 Å². The molecule has 0 aliphatic heterocycles. The Morgan fingerprint density at radius 3 is 2.60 bits per heavy atom. The monoisotopic (exact) mass is 208 g/mol. The normalized spacial score (nSPS) is 19.8. The minimum atomic E-state index is -0.728. The van der Waals surface area contributed by atoms with Crippen molar-refractivity contribution < 1.29 is 9.90 Å². The summed E-state index contributed by atoms with van der Waals surface area (Å²) in [5.74, 6) is -0.319. The highest BCUT2D eigenvalue weighted by Crippen LogP contribution is 2.37. The van der Waals surface area contributed by atoms with Crippen LogP contribution in [0.5, 0.6) is 0 Å². The summed E-state index contributed by atoms with van der Waals surface area (Å²) in [6, 6.07) is 0. The van der Waals surface area contributed by atoms with Gasteiger partial charge >= 0.3 is 5.97 Å². The van der Waals surface area contributed by atoms with Gasteiger partial charge in [0.2, 0.25) is 0 Å². The number of hydrogen-bond acceptors (Lipinski definition) is 1. The molecule has 2 nitrogen and oxygen atoms in total. The van der Waals surface area contributed by atoms with Gasteiger partial charge in [0.25, 0.3) is 0 Å². The zero-order valence-electron chi connectivity index (χ0n) is 10.0. The lowest BCUT2D eigenvalue weighted by Crippen LogP contribution is -2.17. The third-order valence-corrected chi connectivity index (χ3v) is 2.78. The molecule has 0 aromatic carbocycles. The van der Waals surface area contributed by atoms with Crippen molar-refractivity contribution >= 4 is 5.97 Å². The number of carboxylic acids is 1. The smallest absolute Gasteiger partial charge is 0.307 e. The lowest BCUT2D eigenvalue weighted by molar-refractivity contribution is -0.136. The molecule has 0 fully saturated rings. The Bertz CT molecular complexity index is 319. The van der Waals surface area contributed by atoms with Crippen LogP contribution in [0.15, 0.2) is 23.3 Å². The van der Waals surface area contributed by atoms with Gasteiger partial charge in [-0.3, -0.25) is 4.79 Å². The van der Waals surface area contributed by atoms with Crippen LogP contribution in [0.25, 0.3) is 0 Å². The van der Waals surface area contributed by atoms with Crippen LogP contribution in [-0.2, 0) is 4.79 Å². The molecule has 0 radical (unpaired) electrons. The van der Waals surface area contributed by atoms with Crippen LogP contribution in [0.4, 0.5) is 0 Å². The molecule has 0 saturated carbocycles. The largest absolute Gasteiger partial charge is 0.481 e. The fourth-order valence-corrected chi connectivity index (χ4v) is 2.09. The van der Waals surface area contributed by atoms with Crippen molar-refractivity contribution in [2.45, 2.75) is 40.5 Å². The van der Waals surface area contributed by atoms with Gasteiger partial charge in [-0.25, -0.2) is 0 Å². The summed E-state index contributed by atoms with van der Waals surface area (Å²) in [5, 5.41) is 8.88. The van der Waals surface area contributed by atoms with E-state index in [4.69, 9.17) is 5.11 Å². The summed E-state index contributed by atoms with van der Waals surface area (Å²) >= 11 is 0. The minimum absolute atomic E-state index is 0.100. The number of carbonyl (C=O) groups is 1. The number of hydrogen-bond donors (Lipinski definition) is 1. The van der Waals surface area contributed by atoms with Crippen molar-refractivity contribution in [1.29, 1.82) is 0 Å². The van der Waals surface area contributed by atoms with Gasteiger partial charge in [0, 0.05) is 0 Å². The van der Waals surface area contributed by atoms with Crippen LogP contribution >= 0.6 is 0 Å². The first-order valence-corrected chi connectivity index (χ1v) is 5.45. The first kappa shape index (κ1) is 12.0. The first-order valence-electron chi connectivity index (χ1n) is 5.45. The second-order valence-corrected chi connectivity index (χ2v) is 5.28. The molecule has 0 heterocycles. The van der Waals surface area contributed by atoms with Crippen LogP contribution in [0.2, 0.25) is 0 Å². The maximum Gasteiger partial charge on any atom is 0.307 e. The lowest BCUT2D eigenvalue weighted by atomic mass is 9.76. The van der Waals surface area contributed by atoms with E-state index < -0.39 is 5.97 Å². The maximum absolute atomic E-state index is 10.8. The van der Waals surface area contributed by atoms with Crippen LogP contribution in [0, 0.1) is 11.3 Å².